The quantitative estimate of drug-likeness (QED) is 0.461. The summed E-state index contributed by atoms with van der Waals surface area (Å²) < 4.78 is 47.6. The number of halogens is 4. The Morgan fingerprint density at radius 2 is 2.00 bits per heavy atom. The second-order valence-corrected chi connectivity index (χ2v) is 9.95. The molecule has 2 aromatic heterocycles. The molecule has 214 valence electrons. The molecule has 1 fully saturated rings. The molecule has 0 atom stereocenters. The van der Waals surface area contributed by atoms with E-state index in [2.05, 4.69) is 20.7 Å². The lowest BCUT2D eigenvalue weighted by Gasteiger charge is -2.31. The van der Waals surface area contributed by atoms with Crippen molar-refractivity contribution < 1.29 is 22.7 Å². The molecule has 2 N–H and O–H groups in total. The van der Waals surface area contributed by atoms with Crippen molar-refractivity contribution in [3.05, 3.63) is 56.7 Å². The number of anilines is 2. The van der Waals surface area contributed by atoms with Crippen molar-refractivity contribution >= 4 is 40.2 Å². The first-order valence-electron chi connectivity index (χ1n) is 13.1. The first-order valence-corrected chi connectivity index (χ1v) is 13.5. The van der Waals surface area contributed by atoms with Gasteiger partial charge >= 0.3 is 6.18 Å². The Morgan fingerprint density at radius 3 is 2.70 bits per heavy atom. The fourth-order valence-corrected chi connectivity index (χ4v) is 5.21. The van der Waals surface area contributed by atoms with Crippen LogP contribution >= 0.6 is 11.6 Å². The van der Waals surface area contributed by atoms with E-state index in [1.165, 1.54) is 4.52 Å². The van der Waals surface area contributed by atoms with Crippen LogP contribution in [0.5, 0.6) is 0 Å². The van der Waals surface area contributed by atoms with Crippen LogP contribution in [0.2, 0.25) is 5.02 Å². The predicted molar refractivity (Wildman–Crippen MR) is 145 cm³/mol. The summed E-state index contributed by atoms with van der Waals surface area (Å²) in [7, 11) is 0. The molecule has 0 aliphatic carbocycles. The van der Waals surface area contributed by atoms with Gasteiger partial charge < -0.3 is 24.8 Å². The SMILES string of the molecule is CCc1c(N2CCNCC2)c(=O)n2nc(C3=CCCOCC3)nc2n1CC(=O)Nc1ccc(C(F)(F)F)cc1Cl. The van der Waals surface area contributed by atoms with Crippen molar-refractivity contribution in [2.45, 2.75) is 38.9 Å². The first kappa shape index (κ1) is 28.1. The minimum Gasteiger partial charge on any atom is -0.381 e. The molecule has 0 spiro atoms. The van der Waals surface area contributed by atoms with Gasteiger partial charge in [0.25, 0.3) is 5.56 Å². The van der Waals surface area contributed by atoms with Gasteiger partial charge in [0.1, 0.15) is 12.2 Å². The lowest BCUT2D eigenvalue weighted by molar-refractivity contribution is -0.137. The van der Waals surface area contributed by atoms with Crippen LogP contribution in [0.1, 0.15) is 36.8 Å². The summed E-state index contributed by atoms with van der Waals surface area (Å²) in [4.78, 5) is 33.7. The van der Waals surface area contributed by atoms with E-state index in [0.29, 0.717) is 75.9 Å². The van der Waals surface area contributed by atoms with Crippen molar-refractivity contribution in [1.82, 2.24) is 24.5 Å². The van der Waals surface area contributed by atoms with Gasteiger partial charge in [-0.25, -0.2) is 0 Å². The first-order chi connectivity index (χ1) is 19.2. The maximum absolute atomic E-state index is 13.8. The van der Waals surface area contributed by atoms with E-state index in [9.17, 15) is 22.8 Å². The average molecular weight is 580 g/mol. The number of aromatic nitrogens is 4. The number of hydrogen-bond acceptors (Lipinski definition) is 7. The highest BCUT2D eigenvalue weighted by Crippen LogP contribution is 2.34. The molecule has 0 radical (unpaired) electrons. The van der Waals surface area contributed by atoms with E-state index in [1.54, 1.807) is 4.57 Å². The second-order valence-electron chi connectivity index (χ2n) is 9.55. The van der Waals surface area contributed by atoms with E-state index in [1.807, 2.05) is 17.9 Å². The summed E-state index contributed by atoms with van der Waals surface area (Å²) in [6.07, 6.45) is -0.860. The monoisotopic (exact) mass is 579 g/mol. The molecular weight excluding hydrogens is 551 g/mol. The summed E-state index contributed by atoms with van der Waals surface area (Å²) in [5, 5.41) is 10.2. The van der Waals surface area contributed by atoms with Crippen LogP contribution < -0.4 is 21.1 Å². The Balaban J connectivity index is 1.57. The molecule has 0 unspecified atom stereocenters. The van der Waals surface area contributed by atoms with E-state index in [4.69, 9.17) is 16.3 Å². The zero-order valence-corrected chi connectivity index (χ0v) is 22.6. The average Bonchev–Trinajstić information content (AvgIpc) is 3.19. The topological polar surface area (TPSA) is 106 Å². The van der Waals surface area contributed by atoms with Crippen LogP contribution in [0.3, 0.4) is 0 Å². The number of hydrogen-bond donors (Lipinski definition) is 2. The number of amides is 1. The molecule has 40 heavy (non-hydrogen) atoms. The molecule has 0 saturated carbocycles. The lowest BCUT2D eigenvalue weighted by Crippen LogP contribution is -2.47. The summed E-state index contributed by atoms with van der Waals surface area (Å²) >= 11 is 6.07. The third-order valence-electron chi connectivity index (χ3n) is 6.92. The van der Waals surface area contributed by atoms with E-state index < -0.39 is 17.6 Å². The maximum atomic E-state index is 13.8. The number of nitrogens with one attached hydrogen (secondary N) is 2. The van der Waals surface area contributed by atoms with Crippen LogP contribution in [0.15, 0.2) is 29.1 Å². The van der Waals surface area contributed by atoms with Crippen molar-refractivity contribution in [2.24, 2.45) is 0 Å². The largest absolute Gasteiger partial charge is 0.416 e. The number of fused-ring (bicyclic) bond motifs is 1. The van der Waals surface area contributed by atoms with Crippen molar-refractivity contribution in [1.29, 1.82) is 0 Å². The van der Waals surface area contributed by atoms with Gasteiger partial charge in [0, 0.05) is 26.2 Å². The molecule has 1 amide bonds. The normalized spacial score (nSPS) is 16.6. The summed E-state index contributed by atoms with van der Waals surface area (Å²) in [6.45, 7) is 5.32. The third-order valence-corrected chi connectivity index (χ3v) is 7.23. The minimum atomic E-state index is -4.56. The molecular formula is C26H29ClF3N7O3. The molecule has 1 saturated heterocycles. The Labute approximate surface area is 232 Å². The molecule has 10 nitrogen and oxygen atoms in total. The van der Waals surface area contributed by atoms with Crippen LogP contribution in [0.25, 0.3) is 11.4 Å². The van der Waals surface area contributed by atoms with Gasteiger partial charge in [-0.15, -0.1) is 5.10 Å². The zero-order valence-electron chi connectivity index (χ0n) is 21.9. The number of nitrogens with zero attached hydrogens (tertiary/aromatic N) is 5. The zero-order chi connectivity index (χ0) is 28.4. The molecule has 2 aliphatic rings. The molecule has 0 bridgehead atoms. The van der Waals surface area contributed by atoms with Gasteiger partial charge in [-0.2, -0.15) is 22.7 Å². The molecule has 4 heterocycles. The summed E-state index contributed by atoms with van der Waals surface area (Å²) in [5.41, 5.74) is 0.732. The highest BCUT2D eigenvalue weighted by molar-refractivity contribution is 6.33. The van der Waals surface area contributed by atoms with E-state index >= 15 is 0 Å². The Kier molecular flexibility index (Phi) is 8.15. The molecule has 2 aliphatic heterocycles. The van der Waals surface area contributed by atoms with Crippen LogP contribution in [-0.2, 0) is 28.7 Å². The highest BCUT2D eigenvalue weighted by Gasteiger charge is 2.31. The fourth-order valence-electron chi connectivity index (χ4n) is 4.99. The van der Waals surface area contributed by atoms with Crippen molar-refractivity contribution in [2.75, 3.05) is 49.6 Å². The molecule has 14 heteroatoms. The minimum absolute atomic E-state index is 0.0443. The van der Waals surface area contributed by atoms with Gasteiger partial charge in [0.2, 0.25) is 11.7 Å². The molecule has 1 aromatic carbocycles. The summed E-state index contributed by atoms with van der Waals surface area (Å²) in [6, 6.07) is 2.74. The Hall–Kier alpha value is -3.42. The van der Waals surface area contributed by atoms with Gasteiger partial charge in [-0.05, 0) is 43.0 Å². The van der Waals surface area contributed by atoms with Crippen molar-refractivity contribution in [3.63, 3.8) is 0 Å². The van der Waals surface area contributed by atoms with Crippen LogP contribution in [0.4, 0.5) is 24.5 Å². The van der Waals surface area contributed by atoms with Crippen LogP contribution in [-0.4, -0.2) is 64.5 Å². The highest BCUT2D eigenvalue weighted by atomic mass is 35.5. The third kappa shape index (κ3) is 5.72. The fraction of sp³-hybridized carbons (Fsp3) is 0.462. The number of carbonyl (C=O) groups excluding carboxylic acids is 1. The smallest absolute Gasteiger partial charge is 0.381 e. The predicted octanol–water partition coefficient (Wildman–Crippen LogP) is 3.37. The maximum Gasteiger partial charge on any atom is 0.416 e. The Morgan fingerprint density at radius 1 is 1.23 bits per heavy atom. The number of benzene rings is 1. The number of ether oxygens (including phenoxy) is 1. The molecule has 3 aromatic rings. The van der Waals surface area contributed by atoms with Gasteiger partial charge in [0.15, 0.2) is 5.82 Å². The van der Waals surface area contributed by atoms with E-state index in [-0.39, 0.29) is 28.6 Å². The van der Waals surface area contributed by atoms with Crippen molar-refractivity contribution in [3.8, 4) is 0 Å². The van der Waals surface area contributed by atoms with Gasteiger partial charge in [0.05, 0.1) is 35.2 Å². The van der Waals surface area contributed by atoms with E-state index in [0.717, 1.165) is 23.8 Å². The number of alkyl halides is 3. The summed E-state index contributed by atoms with van der Waals surface area (Å²) in [5.74, 6) is 0.0531. The van der Waals surface area contributed by atoms with Gasteiger partial charge in [-0.3, -0.25) is 9.59 Å². The Bertz CT molecular complexity index is 1510. The number of carbonyl (C=O) groups is 1. The lowest BCUT2D eigenvalue weighted by atomic mass is 10.1. The standard InChI is InChI=1S/C26H29ClF3N7O3/c1-2-20-22(35-10-8-31-9-11-35)24(39)37-25(33-23(34-37)16-4-3-12-40-13-7-16)36(20)15-21(38)32-19-6-5-17(14-18(19)27)26(28,29)30/h4-6,14,31H,2-3,7-13,15H2,1H3,(H,32,38). The number of rotatable bonds is 6. The van der Waals surface area contributed by atoms with Crippen LogP contribution in [0, 0.1) is 0 Å². The number of piperazine rings is 1. The molecule has 5 rings (SSSR count). The van der Waals surface area contributed by atoms with Gasteiger partial charge in [-0.1, -0.05) is 24.6 Å². The second kappa shape index (κ2) is 11.6.